The summed E-state index contributed by atoms with van der Waals surface area (Å²) in [4.78, 5) is 38.7. The third kappa shape index (κ3) is 3.38. The lowest BCUT2D eigenvalue weighted by Crippen LogP contribution is -2.48. The molecule has 1 aromatic carbocycles. The van der Waals surface area contributed by atoms with Crippen LogP contribution >= 0.6 is 0 Å². The van der Waals surface area contributed by atoms with Crippen molar-refractivity contribution >= 4 is 23.9 Å². The Morgan fingerprint density at radius 3 is 2.38 bits per heavy atom. The molecule has 0 aromatic heterocycles. The number of carbonyl (C=O) groups is 3. The van der Waals surface area contributed by atoms with Gasteiger partial charge in [-0.1, -0.05) is 0 Å². The van der Waals surface area contributed by atoms with Crippen LogP contribution in [0.4, 0.5) is 5.69 Å². The summed E-state index contributed by atoms with van der Waals surface area (Å²) >= 11 is 0. The van der Waals surface area contributed by atoms with Gasteiger partial charge in [-0.15, -0.1) is 0 Å². The molecule has 1 aliphatic heterocycles. The molecule has 2 atom stereocenters. The maximum Gasteiger partial charge on any atom is 0.228 e. The number of hydrogen-bond donors (Lipinski definition) is 1. The van der Waals surface area contributed by atoms with Gasteiger partial charge in [0.25, 0.3) is 0 Å². The van der Waals surface area contributed by atoms with Crippen molar-refractivity contribution in [1.82, 2.24) is 9.80 Å². The van der Waals surface area contributed by atoms with Gasteiger partial charge in [-0.3, -0.25) is 14.4 Å². The zero-order valence-electron chi connectivity index (χ0n) is 13.1. The van der Waals surface area contributed by atoms with Crippen molar-refractivity contribution in [3.05, 3.63) is 29.8 Å². The second kappa shape index (κ2) is 6.71. The molecule has 0 spiro atoms. The summed E-state index contributed by atoms with van der Waals surface area (Å²) in [5, 5.41) is 11.5. The van der Waals surface area contributed by atoms with Crippen molar-refractivity contribution in [2.75, 3.05) is 31.5 Å². The summed E-state index contributed by atoms with van der Waals surface area (Å²) < 4.78 is 0. The predicted molar refractivity (Wildman–Crippen MR) is 85.6 cm³/mol. The minimum Gasteiger partial charge on any atom is -0.342 e. The smallest absolute Gasteiger partial charge is 0.228 e. The summed E-state index contributed by atoms with van der Waals surface area (Å²) in [6.07, 6.45) is 1.36. The number of nitriles is 1. The first-order valence-corrected chi connectivity index (χ1v) is 7.91. The van der Waals surface area contributed by atoms with Gasteiger partial charge >= 0.3 is 0 Å². The highest BCUT2D eigenvalue weighted by Crippen LogP contribution is 2.41. The molecule has 1 N–H and O–H groups in total. The first-order valence-electron chi connectivity index (χ1n) is 7.91. The average molecular weight is 326 g/mol. The van der Waals surface area contributed by atoms with Crippen LogP contribution in [0.3, 0.4) is 0 Å². The van der Waals surface area contributed by atoms with Crippen molar-refractivity contribution in [2.45, 2.75) is 6.42 Å². The highest BCUT2D eigenvalue weighted by atomic mass is 16.2. The van der Waals surface area contributed by atoms with Crippen LogP contribution < -0.4 is 5.32 Å². The topological polar surface area (TPSA) is 93.5 Å². The first kappa shape index (κ1) is 16.0. The van der Waals surface area contributed by atoms with E-state index in [0.717, 1.165) is 6.41 Å². The Morgan fingerprint density at radius 1 is 1.12 bits per heavy atom. The lowest BCUT2D eigenvalue weighted by atomic mass is 10.2. The summed E-state index contributed by atoms with van der Waals surface area (Å²) in [7, 11) is 0. The molecule has 124 valence electrons. The van der Waals surface area contributed by atoms with E-state index in [9.17, 15) is 14.4 Å². The molecule has 0 bridgehead atoms. The van der Waals surface area contributed by atoms with Gasteiger partial charge in [0, 0.05) is 31.9 Å². The maximum atomic E-state index is 12.4. The number of amides is 3. The zero-order chi connectivity index (χ0) is 17.1. The average Bonchev–Trinajstić information content (AvgIpc) is 3.43. The zero-order valence-corrected chi connectivity index (χ0v) is 13.1. The summed E-state index contributed by atoms with van der Waals surface area (Å²) in [6.45, 7) is 2.14. The van der Waals surface area contributed by atoms with Crippen molar-refractivity contribution in [2.24, 2.45) is 11.8 Å². The van der Waals surface area contributed by atoms with Gasteiger partial charge in [-0.25, -0.2) is 0 Å². The molecule has 2 fully saturated rings. The van der Waals surface area contributed by atoms with Crippen LogP contribution in [0.1, 0.15) is 12.0 Å². The standard InChI is InChI=1S/C17H18N4O3/c18-10-12-1-3-13(4-2-12)19-16(23)14-9-15(14)17(24)21-7-5-20(11-22)6-8-21/h1-4,11,14-15H,5-9H2,(H,19,23). The number of piperazine rings is 1. The van der Waals surface area contributed by atoms with Crippen LogP contribution in [0.15, 0.2) is 24.3 Å². The molecule has 3 amide bonds. The SMILES string of the molecule is N#Cc1ccc(NC(=O)C2CC2C(=O)N2CCN(C=O)CC2)cc1. The van der Waals surface area contributed by atoms with Crippen molar-refractivity contribution in [3.8, 4) is 6.07 Å². The lowest BCUT2D eigenvalue weighted by Gasteiger charge is -2.32. The van der Waals surface area contributed by atoms with E-state index in [2.05, 4.69) is 5.32 Å². The highest BCUT2D eigenvalue weighted by Gasteiger charge is 2.49. The van der Waals surface area contributed by atoms with Crippen LogP contribution in [0.2, 0.25) is 0 Å². The third-order valence-corrected chi connectivity index (χ3v) is 4.50. The van der Waals surface area contributed by atoms with Crippen LogP contribution in [0.5, 0.6) is 0 Å². The van der Waals surface area contributed by atoms with Crippen LogP contribution in [-0.2, 0) is 14.4 Å². The number of hydrogen-bond acceptors (Lipinski definition) is 4. The predicted octanol–water partition coefficient (Wildman–Crippen LogP) is 0.433. The molecular formula is C17H18N4O3. The Labute approximate surface area is 139 Å². The summed E-state index contributed by atoms with van der Waals surface area (Å²) in [6, 6.07) is 8.64. The fraction of sp³-hybridized carbons (Fsp3) is 0.412. The molecule has 7 nitrogen and oxygen atoms in total. The number of rotatable bonds is 4. The van der Waals surface area contributed by atoms with Gasteiger partial charge in [0.05, 0.1) is 23.5 Å². The Morgan fingerprint density at radius 2 is 1.79 bits per heavy atom. The second-order valence-electron chi connectivity index (χ2n) is 6.09. The van der Waals surface area contributed by atoms with E-state index in [1.165, 1.54) is 0 Å². The number of carbonyl (C=O) groups excluding carboxylic acids is 3. The van der Waals surface area contributed by atoms with Gasteiger partial charge in [-0.05, 0) is 30.7 Å². The number of nitrogens with one attached hydrogen (secondary N) is 1. The van der Waals surface area contributed by atoms with Crippen molar-refractivity contribution in [3.63, 3.8) is 0 Å². The van der Waals surface area contributed by atoms with E-state index in [0.29, 0.717) is 43.9 Å². The molecule has 1 saturated heterocycles. The number of benzene rings is 1. The fourth-order valence-corrected chi connectivity index (χ4v) is 2.90. The largest absolute Gasteiger partial charge is 0.342 e. The third-order valence-electron chi connectivity index (χ3n) is 4.50. The molecule has 1 saturated carbocycles. The summed E-state index contributed by atoms with van der Waals surface area (Å²) in [5.74, 6) is -0.714. The molecule has 3 rings (SSSR count). The minimum atomic E-state index is -0.294. The monoisotopic (exact) mass is 326 g/mol. The number of anilines is 1. The molecule has 1 heterocycles. The Kier molecular flexibility index (Phi) is 4.47. The van der Waals surface area contributed by atoms with Crippen LogP contribution in [0.25, 0.3) is 0 Å². The van der Waals surface area contributed by atoms with E-state index >= 15 is 0 Å². The maximum absolute atomic E-state index is 12.4. The van der Waals surface area contributed by atoms with Crippen LogP contribution in [-0.4, -0.2) is 54.2 Å². The quantitative estimate of drug-likeness (QED) is 0.812. The van der Waals surface area contributed by atoms with Crippen molar-refractivity contribution in [1.29, 1.82) is 5.26 Å². The molecule has 7 heteroatoms. The van der Waals surface area contributed by atoms with E-state index in [1.54, 1.807) is 34.1 Å². The Hall–Kier alpha value is -2.88. The van der Waals surface area contributed by atoms with E-state index in [-0.39, 0.29) is 23.7 Å². The van der Waals surface area contributed by atoms with Gasteiger partial charge in [0.2, 0.25) is 18.2 Å². The second-order valence-corrected chi connectivity index (χ2v) is 6.09. The van der Waals surface area contributed by atoms with Gasteiger partial charge in [0.1, 0.15) is 0 Å². The van der Waals surface area contributed by atoms with E-state index < -0.39 is 0 Å². The Bertz CT molecular complexity index is 687. The number of nitrogens with zero attached hydrogens (tertiary/aromatic N) is 3. The first-order chi connectivity index (χ1) is 11.6. The van der Waals surface area contributed by atoms with Gasteiger partial charge in [0.15, 0.2) is 0 Å². The molecule has 24 heavy (non-hydrogen) atoms. The molecule has 2 unspecified atom stereocenters. The van der Waals surface area contributed by atoms with E-state index in [1.807, 2.05) is 6.07 Å². The fourth-order valence-electron chi connectivity index (χ4n) is 2.90. The van der Waals surface area contributed by atoms with Gasteiger partial charge < -0.3 is 15.1 Å². The normalized spacial score (nSPS) is 22.5. The molecule has 0 radical (unpaired) electrons. The van der Waals surface area contributed by atoms with Crippen LogP contribution in [0, 0.1) is 23.2 Å². The van der Waals surface area contributed by atoms with Crippen molar-refractivity contribution < 1.29 is 14.4 Å². The summed E-state index contributed by atoms with van der Waals surface area (Å²) in [5.41, 5.74) is 1.15. The van der Waals surface area contributed by atoms with E-state index in [4.69, 9.17) is 5.26 Å². The lowest BCUT2D eigenvalue weighted by molar-refractivity contribution is -0.137. The molecule has 1 aliphatic carbocycles. The molecule has 1 aromatic rings. The molecule has 2 aliphatic rings. The minimum absolute atomic E-state index is 0.000488. The highest BCUT2D eigenvalue weighted by molar-refractivity contribution is 5.99. The Balaban J connectivity index is 1.51. The molecular weight excluding hydrogens is 308 g/mol. The van der Waals surface area contributed by atoms with Gasteiger partial charge in [-0.2, -0.15) is 5.26 Å².